The zero-order valence-electron chi connectivity index (χ0n) is 17.6. The number of piperidine rings is 1. The maximum atomic E-state index is 12.6. The molecule has 0 bridgehead atoms. The van der Waals surface area contributed by atoms with Gasteiger partial charge in [-0.1, -0.05) is 40.6 Å². The van der Waals surface area contributed by atoms with Gasteiger partial charge in [-0.25, -0.2) is 0 Å². The van der Waals surface area contributed by atoms with E-state index in [0.29, 0.717) is 34.6 Å². The van der Waals surface area contributed by atoms with E-state index in [-0.39, 0.29) is 24.3 Å². The second-order valence-corrected chi connectivity index (χ2v) is 9.13. The Balaban J connectivity index is 1.33. The summed E-state index contributed by atoms with van der Waals surface area (Å²) in [6.07, 6.45) is 1.76. The molecule has 4 rings (SSSR count). The Morgan fingerprint density at radius 1 is 1.16 bits per heavy atom. The highest BCUT2D eigenvalue weighted by atomic mass is 35.5. The van der Waals surface area contributed by atoms with E-state index in [1.807, 2.05) is 31.2 Å². The number of aryl methyl sites for hydroxylation is 1. The van der Waals surface area contributed by atoms with Crippen molar-refractivity contribution in [3.05, 3.63) is 69.1 Å². The average Bonchev–Trinajstić information content (AvgIpc) is 3.31. The first-order valence-corrected chi connectivity index (χ1v) is 11.5. The van der Waals surface area contributed by atoms with Crippen LogP contribution in [0.3, 0.4) is 0 Å². The van der Waals surface area contributed by atoms with Crippen LogP contribution >= 0.6 is 22.9 Å². The number of anilines is 1. The van der Waals surface area contributed by atoms with Crippen LogP contribution in [0.1, 0.15) is 39.1 Å². The molecule has 0 spiro atoms. The van der Waals surface area contributed by atoms with Gasteiger partial charge in [-0.3, -0.25) is 9.59 Å². The van der Waals surface area contributed by atoms with E-state index in [2.05, 4.69) is 15.5 Å². The molecule has 166 valence electrons. The Kier molecular flexibility index (Phi) is 7.02. The smallest absolute Gasteiger partial charge is 0.286 e. The Bertz CT molecular complexity index is 1090. The third-order valence-corrected chi connectivity index (χ3v) is 6.58. The lowest BCUT2D eigenvalue weighted by molar-refractivity contribution is -0.134. The Morgan fingerprint density at radius 3 is 2.66 bits per heavy atom. The number of likely N-dealkylation sites (tertiary alicyclic amines) is 1. The van der Waals surface area contributed by atoms with E-state index in [1.54, 1.807) is 29.2 Å². The predicted octanol–water partition coefficient (Wildman–Crippen LogP) is 4.54. The number of benzene rings is 2. The number of hydrogen-bond donors (Lipinski definition) is 1. The molecule has 2 heterocycles. The van der Waals surface area contributed by atoms with E-state index in [9.17, 15) is 9.59 Å². The van der Waals surface area contributed by atoms with Gasteiger partial charge < -0.3 is 15.0 Å². The molecule has 0 aliphatic carbocycles. The Morgan fingerprint density at radius 2 is 1.91 bits per heavy atom. The van der Waals surface area contributed by atoms with E-state index < -0.39 is 0 Å². The fourth-order valence-corrected chi connectivity index (χ4v) is 4.48. The van der Waals surface area contributed by atoms with Crippen LogP contribution in [0, 0.1) is 6.92 Å². The number of ether oxygens (including phenoxy) is 1. The quantitative estimate of drug-likeness (QED) is 0.571. The van der Waals surface area contributed by atoms with Gasteiger partial charge in [0.1, 0.15) is 10.8 Å². The standard InChI is InChI=1S/C23H23ClN4O3S/c1-15-4-8-18(9-5-15)25-21(30)23-27-26-22(32-23)16-3-2-12-28(13-16)20(29)14-31-19-10-6-17(24)7-11-19/h4-11,16H,2-3,12-14H2,1H3,(H,25,30)/t16-/m0/s1. The van der Waals surface area contributed by atoms with E-state index >= 15 is 0 Å². The molecule has 7 nitrogen and oxygen atoms in total. The molecule has 1 aliphatic rings. The normalized spacial score (nSPS) is 15.9. The van der Waals surface area contributed by atoms with Crippen LogP contribution in [0.25, 0.3) is 0 Å². The van der Waals surface area contributed by atoms with Gasteiger partial charge in [0.25, 0.3) is 11.8 Å². The van der Waals surface area contributed by atoms with Gasteiger partial charge in [-0.05, 0) is 56.2 Å². The zero-order valence-corrected chi connectivity index (χ0v) is 19.2. The molecule has 2 amide bonds. The molecule has 1 aliphatic heterocycles. The van der Waals surface area contributed by atoms with Crippen molar-refractivity contribution in [2.45, 2.75) is 25.7 Å². The van der Waals surface area contributed by atoms with Crippen molar-refractivity contribution in [2.24, 2.45) is 0 Å². The second-order valence-electron chi connectivity index (χ2n) is 7.69. The first-order valence-electron chi connectivity index (χ1n) is 10.4. The van der Waals surface area contributed by atoms with Gasteiger partial charge >= 0.3 is 0 Å². The lowest BCUT2D eigenvalue weighted by Gasteiger charge is -2.31. The molecular weight excluding hydrogens is 448 g/mol. The topological polar surface area (TPSA) is 84.4 Å². The van der Waals surface area contributed by atoms with Crippen LogP contribution in [0.5, 0.6) is 5.75 Å². The lowest BCUT2D eigenvalue weighted by Crippen LogP contribution is -2.41. The SMILES string of the molecule is Cc1ccc(NC(=O)c2nnc([C@H]3CCCN(C(=O)COc4ccc(Cl)cc4)C3)s2)cc1. The van der Waals surface area contributed by atoms with Crippen molar-refractivity contribution in [1.82, 2.24) is 15.1 Å². The van der Waals surface area contributed by atoms with Crippen molar-refractivity contribution >= 4 is 40.4 Å². The molecule has 1 N–H and O–H groups in total. The summed E-state index contributed by atoms with van der Waals surface area (Å²) in [6.45, 7) is 3.18. The number of hydrogen-bond acceptors (Lipinski definition) is 6. The molecule has 2 aromatic carbocycles. The first-order chi connectivity index (χ1) is 15.5. The number of rotatable bonds is 6. The number of amides is 2. The molecule has 32 heavy (non-hydrogen) atoms. The highest BCUT2D eigenvalue weighted by Gasteiger charge is 2.28. The number of aromatic nitrogens is 2. The molecule has 1 atom stereocenters. The number of halogens is 1. The van der Waals surface area contributed by atoms with Crippen LogP contribution < -0.4 is 10.1 Å². The monoisotopic (exact) mass is 470 g/mol. The average molecular weight is 471 g/mol. The zero-order chi connectivity index (χ0) is 22.5. The highest BCUT2D eigenvalue weighted by molar-refractivity contribution is 7.13. The van der Waals surface area contributed by atoms with Crippen molar-refractivity contribution in [3.63, 3.8) is 0 Å². The van der Waals surface area contributed by atoms with E-state index in [0.717, 1.165) is 23.4 Å². The summed E-state index contributed by atoms with van der Waals surface area (Å²) < 4.78 is 5.59. The maximum Gasteiger partial charge on any atom is 0.286 e. The molecule has 0 radical (unpaired) electrons. The minimum absolute atomic E-state index is 0.0331. The predicted molar refractivity (Wildman–Crippen MR) is 125 cm³/mol. The molecule has 1 fully saturated rings. The number of carbonyl (C=O) groups is 2. The first kappa shape index (κ1) is 22.2. The van der Waals surface area contributed by atoms with Gasteiger partial charge in [0, 0.05) is 29.7 Å². The molecule has 0 unspecified atom stereocenters. The third-order valence-electron chi connectivity index (χ3n) is 5.24. The summed E-state index contributed by atoms with van der Waals surface area (Å²) in [5.74, 6) is 0.301. The third kappa shape index (κ3) is 5.63. The summed E-state index contributed by atoms with van der Waals surface area (Å²) in [7, 11) is 0. The van der Waals surface area contributed by atoms with E-state index in [4.69, 9.17) is 16.3 Å². The van der Waals surface area contributed by atoms with Crippen LogP contribution in [-0.2, 0) is 4.79 Å². The lowest BCUT2D eigenvalue weighted by atomic mass is 9.99. The Hall–Kier alpha value is -2.97. The number of nitrogens with one attached hydrogen (secondary N) is 1. The van der Waals surface area contributed by atoms with Crippen LogP contribution in [-0.4, -0.2) is 46.6 Å². The van der Waals surface area contributed by atoms with Crippen LogP contribution in [0.4, 0.5) is 5.69 Å². The van der Waals surface area contributed by atoms with Gasteiger partial charge in [0.2, 0.25) is 5.01 Å². The van der Waals surface area contributed by atoms with Gasteiger partial charge in [-0.15, -0.1) is 10.2 Å². The molecule has 0 saturated carbocycles. The number of carbonyl (C=O) groups excluding carboxylic acids is 2. The van der Waals surface area contributed by atoms with Gasteiger partial charge in [0.15, 0.2) is 6.61 Å². The van der Waals surface area contributed by atoms with E-state index in [1.165, 1.54) is 11.3 Å². The summed E-state index contributed by atoms with van der Waals surface area (Å²) >= 11 is 7.15. The summed E-state index contributed by atoms with van der Waals surface area (Å²) in [4.78, 5) is 26.9. The van der Waals surface area contributed by atoms with Gasteiger partial charge in [-0.2, -0.15) is 0 Å². The fraction of sp³-hybridized carbons (Fsp3) is 0.304. The largest absolute Gasteiger partial charge is 0.484 e. The summed E-state index contributed by atoms with van der Waals surface area (Å²) in [5.41, 5.74) is 1.84. The van der Waals surface area contributed by atoms with Crippen molar-refractivity contribution in [1.29, 1.82) is 0 Å². The fourth-order valence-electron chi connectivity index (χ4n) is 3.49. The molecule has 1 saturated heterocycles. The highest BCUT2D eigenvalue weighted by Crippen LogP contribution is 2.29. The molecule has 3 aromatic rings. The van der Waals surface area contributed by atoms with Crippen molar-refractivity contribution in [3.8, 4) is 5.75 Å². The Labute approximate surface area is 195 Å². The minimum atomic E-state index is -0.280. The van der Waals surface area contributed by atoms with Crippen molar-refractivity contribution in [2.75, 3.05) is 25.0 Å². The molecular formula is C23H23ClN4O3S. The maximum absolute atomic E-state index is 12.6. The number of nitrogens with zero attached hydrogens (tertiary/aromatic N) is 3. The molecule has 9 heteroatoms. The van der Waals surface area contributed by atoms with Gasteiger partial charge in [0.05, 0.1) is 0 Å². The van der Waals surface area contributed by atoms with Crippen LogP contribution in [0.2, 0.25) is 5.02 Å². The van der Waals surface area contributed by atoms with Crippen LogP contribution in [0.15, 0.2) is 48.5 Å². The minimum Gasteiger partial charge on any atom is -0.484 e. The molecule has 1 aromatic heterocycles. The summed E-state index contributed by atoms with van der Waals surface area (Å²) in [6, 6.07) is 14.5. The van der Waals surface area contributed by atoms with Crippen molar-refractivity contribution < 1.29 is 14.3 Å². The second kappa shape index (κ2) is 10.1. The summed E-state index contributed by atoms with van der Waals surface area (Å²) in [5, 5.41) is 12.9.